The average Bonchev–Trinajstić information content (AvgIpc) is 2.64. The van der Waals surface area contributed by atoms with Crippen LogP contribution in [0.25, 0.3) is 0 Å². The molecule has 1 heterocycles. The summed E-state index contributed by atoms with van der Waals surface area (Å²) >= 11 is 0. The number of benzene rings is 2. The minimum atomic E-state index is -0.532. The second-order valence-corrected chi connectivity index (χ2v) is 5.97. The number of hydrogen-bond donors (Lipinski definition) is 3. The molecule has 1 atom stereocenters. The SMILES string of the molecule is CC(NC(=O)Nc1ccccc1N1CCOCC1)Oc1ccc(O)cc1. The third kappa shape index (κ3) is 4.80. The molecule has 2 aromatic rings. The van der Waals surface area contributed by atoms with Crippen molar-refractivity contribution in [3.8, 4) is 11.5 Å². The van der Waals surface area contributed by atoms with Crippen LogP contribution in [0.3, 0.4) is 0 Å². The lowest BCUT2D eigenvalue weighted by atomic mass is 10.2. The molecule has 0 saturated carbocycles. The largest absolute Gasteiger partial charge is 0.508 e. The van der Waals surface area contributed by atoms with E-state index < -0.39 is 6.23 Å². The molecule has 7 nitrogen and oxygen atoms in total. The first-order chi connectivity index (χ1) is 12.6. The average molecular weight is 357 g/mol. The Labute approximate surface area is 152 Å². The number of aromatic hydroxyl groups is 1. The van der Waals surface area contributed by atoms with Gasteiger partial charge in [0, 0.05) is 13.1 Å². The molecular formula is C19H23N3O4. The standard InChI is InChI=1S/C19H23N3O4/c1-14(26-16-8-6-15(23)7-9-16)20-19(24)21-17-4-2-3-5-18(17)22-10-12-25-13-11-22/h2-9,14,23H,10-13H2,1H3,(H2,20,21,24). The van der Waals surface area contributed by atoms with Gasteiger partial charge in [-0.2, -0.15) is 0 Å². The Morgan fingerprint density at radius 2 is 1.85 bits per heavy atom. The normalized spacial score (nSPS) is 15.2. The van der Waals surface area contributed by atoms with Crippen molar-refractivity contribution < 1.29 is 19.4 Å². The fourth-order valence-electron chi connectivity index (χ4n) is 2.76. The number of para-hydroxylation sites is 2. The molecule has 0 radical (unpaired) electrons. The van der Waals surface area contributed by atoms with E-state index in [0.29, 0.717) is 19.0 Å². The van der Waals surface area contributed by atoms with Crippen LogP contribution in [0.15, 0.2) is 48.5 Å². The monoisotopic (exact) mass is 357 g/mol. The summed E-state index contributed by atoms with van der Waals surface area (Å²) in [4.78, 5) is 14.5. The number of ether oxygens (including phenoxy) is 2. The Morgan fingerprint density at radius 1 is 1.15 bits per heavy atom. The van der Waals surface area contributed by atoms with Gasteiger partial charge in [-0.1, -0.05) is 12.1 Å². The molecule has 1 aliphatic heterocycles. The van der Waals surface area contributed by atoms with Crippen molar-refractivity contribution in [2.45, 2.75) is 13.2 Å². The maximum Gasteiger partial charge on any atom is 0.322 e. The van der Waals surface area contributed by atoms with Crippen LogP contribution in [0.2, 0.25) is 0 Å². The smallest absolute Gasteiger partial charge is 0.322 e. The number of carbonyl (C=O) groups excluding carboxylic acids is 1. The van der Waals surface area contributed by atoms with Crippen LogP contribution in [-0.4, -0.2) is 43.7 Å². The first kappa shape index (κ1) is 17.9. The highest BCUT2D eigenvalue weighted by molar-refractivity contribution is 5.93. The molecule has 1 fully saturated rings. The number of carbonyl (C=O) groups is 1. The number of nitrogens with one attached hydrogen (secondary N) is 2. The maximum atomic E-state index is 12.3. The van der Waals surface area contributed by atoms with E-state index in [0.717, 1.165) is 24.5 Å². The van der Waals surface area contributed by atoms with Crippen molar-refractivity contribution in [3.05, 3.63) is 48.5 Å². The lowest BCUT2D eigenvalue weighted by Crippen LogP contribution is -2.40. The molecular weight excluding hydrogens is 334 g/mol. The van der Waals surface area contributed by atoms with Gasteiger partial charge in [-0.05, 0) is 43.3 Å². The van der Waals surface area contributed by atoms with Gasteiger partial charge in [0.25, 0.3) is 0 Å². The van der Waals surface area contributed by atoms with E-state index in [4.69, 9.17) is 9.47 Å². The van der Waals surface area contributed by atoms with Crippen molar-refractivity contribution >= 4 is 17.4 Å². The van der Waals surface area contributed by atoms with Gasteiger partial charge < -0.3 is 30.1 Å². The van der Waals surface area contributed by atoms with Crippen molar-refractivity contribution in [2.24, 2.45) is 0 Å². The number of nitrogens with zero attached hydrogens (tertiary/aromatic N) is 1. The summed E-state index contributed by atoms with van der Waals surface area (Å²) in [5.41, 5.74) is 1.71. The fourth-order valence-corrected chi connectivity index (χ4v) is 2.76. The molecule has 26 heavy (non-hydrogen) atoms. The maximum absolute atomic E-state index is 12.3. The topological polar surface area (TPSA) is 83.1 Å². The Bertz CT molecular complexity index is 730. The van der Waals surface area contributed by atoms with Crippen molar-refractivity contribution in [1.82, 2.24) is 5.32 Å². The zero-order valence-corrected chi connectivity index (χ0v) is 14.6. The molecule has 0 spiro atoms. The van der Waals surface area contributed by atoms with Gasteiger partial charge in [0.15, 0.2) is 6.23 Å². The minimum absolute atomic E-state index is 0.162. The highest BCUT2D eigenvalue weighted by atomic mass is 16.5. The first-order valence-electron chi connectivity index (χ1n) is 8.57. The summed E-state index contributed by atoms with van der Waals surface area (Å²) < 4.78 is 11.0. The lowest BCUT2D eigenvalue weighted by molar-refractivity contribution is 0.123. The summed E-state index contributed by atoms with van der Waals surface area (Å²) in [6.07, 6.45) is -0.532. The number of morpholine rings is 1. The van der Waals surface area contributed by atoms with Crippen LogP contribution in [0.4, 0.5) is 16.2 Å². The summed E-state index contributed by atoms with van der Waals surface area (Å²) in [6, 6.07) is 13.7. The molecule has 0 bridgehead atoms. The third-order valence-electron chi connectivity index (χ3n) is 3.99. The number of amides is 2. The summed E-state index contributed by atoms with van der Waals surface area (Å²) in [5, 5.41) is 14.9. The van der Waals surface area contributed by atoms with Gasteiger partial charge in [-0.15, -0.1) is 0 Å². The Morgan fingerprint density at radius 3 is 2.58 bits per heavy atom. The van der Waals surface area contributed by atoms with Crippen LogP contribution >= 0.6 is 0 Å². The van der Waals surface area contributed by atoms with E-state index >= 15 is 0 Å². The highest BCUT2D eigenvalue weighted by Crippen LogP contribution is 2.26. The molecule has 3 rings (SSSR count). The minimum Gasteiger partial charge on any atom is -0.508 e. The number of phenolic OH excluding ortho intramolecular Hbond substituents is 1. The van der Waals surface area contributed by atoms with Crippen LogP contribution in [0.5, 0.6) is 11.5 Å². The van der Waals surface area contributed by atoms with Crippen LogP contribution in [0.1, 0.15) is 6.92 Å². The Balaban J connectivity index is 1.58. The molecule has 2 aromatic carbocycles. The number of anilines is 2. The molecule has 7 heteroatoms. The van der Waals surface area contributed by atoms with Gasteiger partial charge in [0.2, 0.25) is 0 Å². The van der Waals surface area contributed by atoms with E-state index in [1.165, 1.54) is 12.1 Å². The fraction of sp³-hybridized carbons (Fsp3) is 0.316. The van der Waals surface area contributed by atoms with Gasteiger partial charge >= 0.3 is 6.03 Å². The van der Waals surface area contributed by atoms with Crippen LogP contribution in [0, 0.1) is 0 Å². The summed E-state index contributed by atoms with van der Waals surface area (Å²) in [7, 11) is 0. The molecule has 1 saturated heterocycles. The zero-order valence-electron chi connectivity index (χ0n) is 14.6. The molecule has 138 valence electrons. The molecule has 2 amide bonds. The van der Waals surface area contributed by atoms with Gasteiger partial charge in [-0.25, -0.2) is 4.79 Å². The number of phenols is 1. The van der Waals surface area contributed by atoms with Crippen molar-refractivity contribution in [2.75, 3.05) is 36.5 Å². The summed E-state index contributed by atoms with van der Waals surface area (Å²) in [5.74, 6) is 0.722. The van der Waals surface area contributed by atoms with Gasteiger partial charge in [-0.3, -0.25) is 0 Å². The van der Waals surface area contributed by atoms with Crippen molar-refractivity contribution in [1.29, 1.82) is 0 Å². The van der Waals surface area contributed by atoms with Crippen LogP contribution in [-0.2, 0) is 4.74 Å². The van der Waals surface area contributed by atoms with E-state index in [1.54, 1.807) is 19.1 Å². The summed E-state index contributed by atoms with van der Waals surface area (Å²) in [6.45, 7) is 4.68. The lowest BCUT2D eigenvalue weighted by Gasteiger charge is -2.30. The molecule has 0 aliphatic carbocycles. The zero-order chi connectivity index (χ0) is 18.4. The van der Waals surface area contributed by atoms with E-state index in [1.807, 2.05) is 24.3 Å². The van der Waals surface area contributed by atoms with E-state index in [2.05, 4.69) is 15.5 Å². The number of urea groups is 1. The first-order valence-corrected chi connectivity index (χ1v) is 8.57. The quantitative estimate of drug-likeness (QED) is 0.717. The predicted octanol–water partition coefficient (Wildman–Crippen LogP) is 2.78. The van der Waals surface area contributed by atoms with E-state index in [-0.39, 0.29) is 11.8 Å². The van der Waals surface area contributed by atoms with Crippen molar-refractivity contribution in [3.63, 3.8) is 0 Å². The number of rotatable bonds is 5. The molecule has 0 aromatic heterocycles. The third-order valence-corrected chi connectivity index (χ3v) is 3.99. The number of hydrogen-bond acceptors (Lipinski definition) is 5. The molecule has 3 N–H and O–H groups in total. The molecule has 1 aliphatic rings. The Hall–Kier alpha value is -2.93. The second-order valence-electron chi connectivity index (χ2n) is 5.97. The van der Waals surface area contributed by atoms with Gasteiger partial charge in [0.1, 0.15) is 11.5 Å². The predicted molar refractivity (Wildman–Crippen MR) is 99.8 cm³/mol. The molecule has 1 unspecified atom stereocenters. The second kappa shape index (κ2) is 8.44. The highest BCUT2D eigenvalue weighted by Gasteiger charge is 2.16. The van der Waals surface area contributed by atoms with Gasteiger partial charge in [0.05, 0.1) is 24.6 Å². The van der Waals surface area contributed by atoms with Crippen LogP contribution < -0.4 is 20.3 Å². The van der Waals surface area contributed by atoms with E-state index in [9.17, 15) is 9.90 Å². The Kier molecular flexibility index (Phi) is 5.80.